The van der Waals surface area contributed by atoms with Gasteiger partial charge < -0.3 is 10.5 Å². The van der Waals surface area contributed by atoms with E-state index >= 15 is 0 Å². The van der Waals surface area contributed by atoms with Crippen molar-refractivity contribution in [2.75, 3.05) is 17.2 Å². The highest BCUT2D eigenvalue weighted by Gasteiger charge is 2.46. The largest absolute Gasteiger partial charge is 0.475 e. The molecule has 2 rings (SSSR count). The second-order valence-corrected chi connectivity index (χ2v) is 5.12. The Morgan fingerprint density at radius 2 is 2.00 bits per heavy atom. The van der Waals surface area contributed by atoms with E-state index in [1.54, 1.807) is 18.2 Å². The molecule has 1 aliphatic rings. The molecule has 1 amide bonds. The number of hydrogen-bond acceptors (Lipinski definition) is 4. The van der Waals surface area contributed by atoms with Crippen LogP contribution < -0.4 is 15.4 Å². The number of amides is 1. The molecule has 0 unspecified atom stereocenters. The number of carbonyl (C=O) groups is 2. The molecule has 20 heavy (non-hydrogen) atoms. The molecule has 108 valence electrons. The molecular weight excluding hydrogens is 256 g/mol. The third-order valence-electron chi connectivity index (χ3n) is 3.74. The maximum Gasteiger partial charge on any atom is 0.271 e. The third-order valence-corrected chi connectivity index (χ3v) is 3.74. The molecule has 1 aromatic rings. The maximum absolute atomic E-state index is 12.7. The first kappa shape index (κ1) is 14.4. The Hall–Kier alpha value is -2.04. The van der Waals surface area contributed by atoms with Crippen molar-refractivity contribution in [1.29, 1.82) is 0 Å². The van der Waals surface area contributed by atoms with E-state index in [9.17, 15) is 9.59 Å². The summed E-state index contributed by atoms with van der Waals surface area (Å²) in [5.41, 5.74) is 6.06. The van der Waals surface area contributed by atoms with Crippen LogP contribution in [0.1, 0.15) is 33.6 Å². The number of Topliss-reactive ketones (excluding diaryl/α,β-unsaturated/α-hetero) is 1. The van der Waals surface area contributed by atoms with Gasteiger partial charge in [0, 0.05) is 11.8 Å². The van der Waals surface area contributed by atoms with E-state index in [4.69, 9.17) is 10.5 Å². The van der Waals surface area contributed by atoms with Crippen LogP contribution in [0.3, 0.4) is 0 Å². The number of anilines is 2. The van der Waals surface area contributed by atoms with Crippen LogP contribution in [0.5, 0.6) is 5.75 Å². The second-order valence-electron chi connectivity index (χ2n) is 5.12. The van der Waals surface area contributed by atoms with Crippen molar-refractivity contribution in [3.8, 4) is 5.75 Å². The first-order valence-corrected chi connectivity index (χ1v) is 6.83. The zero-order chi connectivity index (χ0) is 14.9. The first-order valence-electron chi connectivity index (χ1n) is 6.83. The minimum absolute atomic E-state index is 0.0564. The van der Waals surface area contributed by atoms with Gasteiger partial charge >= 0.3 is 0 Å². The number of ketones is 1. The predicted molar refractivity (Wildman–Crippen MR) is 77.8 cm³/mol. The molecule has 0 radical (unpaired) electrons. The molecule has 5 nitrogen and oxygen atoms in total. The number of ether oxygens (including phenoxy) is 1. The van der Waals surface area contributed by atoms with Gasteiger partial charge in [0.25, 0.3) is 5.91 Å². The number of nitrogen functional groups attached to an aromatic ring is 1. The molecule has 5 heteroatoms. The molecule has 1 aromatic carbocycles. The lowest BCUT2D eigenvalue weighted by atomic mass is 9.92. The summed E-state index contributed by atoms with van der Waals surface area (Å²) in [5, 5.41) is 0. The van der Waals surface area contributed by atoms with E-state index in [0.717, 1.165) is 0 Å². The van der Waals surface area contributed by atoms with Crippen molar-refractivity contribution >= 4 is 23.1 Å². The average molecular weight is 276 g/mol. The minimum Gasteiger partial charge on any atom is -0.475 e. The maximum atomic E-state index is 12.7. The standard InChI is InChI=1S/C15H20N2O3/c1-4-15(5-2)14(19)17(9-10(3)18)12-7-6-11(16)8-13(12)20-15/h6-8H,4-5,9,16H2,1-3H3. The summed E-state index contributed by atoms with van der Waals surface area (Å²) in [7, 11) is 0. The lowest BCUT2D eigenvalue weighted by Crippen LogP contribution is -2.56. The zero-order valence-electron chi connectivity index (χ0n) is 12.1. The molecule has 0 saturated heterocycles. The van der Waals surface area contributed by atoms with Gasteiger partial charge in [0.15, 0.2) is 5.60 Å². The molecule has 0 bridgehead atoms. The second kappa shape index (κ2) is 5.15. The van der Waals surface area contributed by atoms with Crippen LogP contribution in [0.25, 0.3) is 0 Å². The van der Waals surface area contributed by atoms with E-state index in [1.807, 2.05) is 13.8 Å². The molecule has 1 heterocycles. The molecular formula is C15H20N2O3. The van der Waals surface area contributed by atoms with E-state index in [-0.39, 0.29) is 18.2 Å². The third kappa shape index (κ3) is 2.24. The van der Waals surface area contributed by atoms with E-state index in [0.29, 0.717) is 30.0 Å². The molecule has 0 atom stereocenters. The number of benzene rings is 1. The van der Waals surface area contributed by atoms with Crippen molar-refractivity contribution < 1.29 is 14.3 Å². The van der Waals surface area contributed by atoms with Gasteiger partial charge in [-0.05, 0) is 31.9 Å². The monoisotopic (exact) mass is 276 g/mol. The quantitative estimate of drug-likeness (QED) is 0.855. The number of nitrogens with zero attached hydrogens (tertiary/aromatic N) is 1. The van der Waals surface area contributed by atoms with Crippen LogP contribution in [0.4, 0.5) is 11.4 Å². The fourth-order valence-corrected chi connectivity index (χ4v) is 2.52. The summed E-state index contributed by atoms with van der Waals surface area (Å²) >= 11 is 0. The SMILES string of the molecule is CCC1(CC)Oc2cc(N)ccc2N(CC(C)=O)C1=O. The fourth-order valence-electron chi connectivity index (χ4n) is 2.52. The van der Waals surface area contributed by atoms with Gasteiger partial charge in [-0.15, -0.1) is 0 Å². The summed E-state index contributed by atoms with van der Waals surface area (Å²) in [6, 6.07) is 5.13. The van der Waals surface area contributed by atoms with Crippen LogP contribution in [0.15, 0.2) is 18.2 Å². The fraction of sp³-hybridized carbons (Fsp3) is 0.467. The van der Waals surface area contributed by atoms with E-state index in [2.05, 4.69) is 0 Å². The Bertz CT molecular complexity index is 550. The average Bonchev–Trinajstić information content (AvgIpc) is 2.41. The normalized spacial score (nSPS) is 16.6. The predicted octanol–water partition coefficient (Wildman–Crippen LogP) is 2.14. The molecule has 0 saturated carbocycles. The van der Waals surface area contributed by atoms with Gasteiger partial charge in [-0.3, -0.25) is 14.5 Å². The summed E-state index contributed by atoms with van der Waals surface area (Å²) in [4.78, 5) is 25.7. The number of hydrogen-bond donors (Lipinski definition) is 1. The zero-order valence-corrected chi connectivity index (χ0v) is 12.1. The Balaban J connectivity index is 2.55. The van der Waals surface area contributed by atoms with Crippen LogP contribution >= 0.6 is 0 Å². The summed E-state index contributed by atoms with van der Waals surface area (Å²) in [6.45, 7) is 5.34. The van der Waals surface area contributed by atoms with Crippen LogP contribution in [-0.2, 0) is 9.59 Å². The minimum atomic E-state index is -0.907. The molecule has 0 aromatic heterocycles. The van der Waals surface area contributed by atoms with Crippen LogP contribution in [0.2, 0.25) is 0 Å². The Labute approximate surface area is 118 Å². The number of carbonyl (C=O) groups excluding carboxylic acids is 2. The Kier molecular flexibility index (Phi) is 3.70. The van der Waals surface area contributed by atoms with Crippen molar-refractivity contribution in [2.45, 2.75) is 39.2 Å². The van der Waals surface area contributed by atoms with Gasteiger partial charge in [-0.1, -0.05) is 13.8 Å². The van der Waals surface area contributed by atoms with Crippen molar-refractivity contribution in [3.05, 3.63) is 18.2 Å². The number of rotatable bonds is 4. The van der Waals surface area contributed by atoms with Gasteiger partial charge in [0.05, 0.1) is 12.2 Å². The molecule has 2 N–H and O–H groups in total. The lowest BCUT2D eigenvalue weighted by Gasteiger charge is -2.41. The molecule has 0 aliphatic carbocycles. The number of fused-ring (bicyclic) bond motifs is 1. The highest BCUT2D eigenvalue weighted by molar-refractivity contribution is 6.06. The topological polar surface area (TPSA) is 72.6 Å². The van der Waals surface area contributed by atoms with E-state index < -0.39 is 5.60 Å². The van der Waals surface area contributed by atoms with Gasteiger partial charge in [-0.25, -0.2) is 0 Å². The molecule has 0 fully saturated rings. The molecule has 0 spiro atoms. The molecule has 1 aliphatic heterocycles. The Morgan fingerprint density at radius 1 is 1.35 bits per heavy atom. The van der Waals surface area contributed by atoms with Crippen molar-refractivity contribution in [2.24, 2.45) is 0 Å². The summed E-state index contributed by atoms with van der Waals surface area (Å²) < 4.78 is 5.94. The van der Waals surface area contributed by atoms with Gasteiger partial charge in [-0.2, -0.15) is 0 Å². The summed E-state index contributed by atoms with van der Waals surface area (Å²) in [6.07, 6.45) is 1.09. The van der Waals surface area contributed by atoms with E-state index in [1.165, 1.54) is 11.8 Å². The van der Waals surface area contributed by atoms with Gasteiger partial charge in [0.1, 0.15) is 11.5 Å². The smallest absolute Gasteiger partial charge is 0.271 e. The number of nitrogens with two attached hydrogens (primary N) is 1. The first-order chi connectivity index (χ1) is 9.43. The summed E-state index contributed by atoms with van der Waals surface area (Å²) in [5.74, 6) is 0.341. The highest BCUT2D eigenvalue weighted by atomic mass is 16.5. The van der Waals surface area contributed by atoms with Crippen LogP contribution in [-0.4, -0.2) is 23.8 Å². The Morgan fingerprint density at radius 3 is 2.55 bits per heavy atom. The lowest BCUT2D eigenvalue weighted by molar-refractivity contribution is -0.137. The van der Waals surface area contributed by atoms with Gasteiger partial charge in [0.2, 0.25) is 0 Å². The van der Waals surface area contributed by atoms with Crippen molar-refractivity contribution in [1.82, 2.24) is 0 Å². The highest BCUT2D eigenvalue weighted by Crippen LogP contribution is 2.41. The van der Waals surface area contributed by atoms with Crippen molar-refractivity contribution in [3.63, 3.8) is 0 Å². The van der Waals surface area contributed by atoms with Crippen LogP contribution in [0, 0.1) is 0 Å².